The average Bonchev–Trinajstić information content (AvgIpc) is 2.81. The summed E-state index contributed by atoms with van der Waals surface area (Å²) in [6.07, 6.45) is 2.79. The topological polar surface area (TPSA) is 70.6 Å². The molecule has 1 rings (SSSR count). The molecule has 0 spiro atoms. The number of nitrogens with two attached hydrogens (primary N) is 1. The lowest BCUT2D eigenvalue weighted by Crippen LogP contribution is -2.33. The third-order valence-electron chi connectivity index (χ3n) is 2.59. The van der Waals surface area contributed by atoms with E-state index < -0.39 is 0 Å². The second kappa shape index (κ2) is 7.29. The second-order valence-electron chi connectivity index (χ2n) is 4.22. The maximum Gasteiger partial charge on any atom is 0.140 e. The highest BCUT2D eigenvalue weighted by molar-refractivity contribution is 7.10. The Morgan fingerprint density at radius 1 is 1.65 bits per heavy atom. The van der Waals surface area contributed by atoms with Crippen LogP contribution in [0, 0.1) is 0 Å². The SMILES string of the molecule is CCCC(NC(C)CC(N)=NO)c1cccs1. The smallest absolute Gasteiger partial charge is 0.140 e. The molecular weight excluding hydrogens is 234 g/mol. The summed E-state index contributed by atoms with van der Waals surface area (Å²) in [4.78, 5) is 1.35. The molecule has 4 N–H and O–H groups in total. The van der Waals surface area contributed by atoms with Gasteiger partial charge in [0.15, 0.2) is 0 Å². The fourth-order valence-corrected chi connectivity index (χ4v) is 2.66. The van der Waals surface area contributed by atoms with Crippen LogP contribution in [0.5, 0.6) is 0 Å². The van der Waals surface area contributed by atoms with Gasteiger partial charge in [-0.05, 0) is 24.8 Å². The third-order valence-corrected chi connectivity index (χ3v) is 3.58. The Morgan fingerprint density at radius 2 is 2.41 bits per heavy atom. The number of oxime groups is 1. The molecule has 0 saturated heterocycles. The van der Waals surface area contributed by atoms with Gasteiger partial charge in [-0.25, -0.2) is 0 Å². The van der Waals surface area contributed by atoms with Crippen molar-refractivity contribution in [3.63, 3.8) is 0 Å². The highest BCUT2D eigenvalue weighted by atomic mass is 32.1. The van der Waals surface area contributed by atoms with Crippen molar-refractivity contribution in [2.24, 2.45) is 10.9 Å². The Bertz CT molecular complexity index is 338. The van der Waals surface area contributed by atoms with E-state index in [2.05, 4.69) is 34.9 Å². The van der Waals surface area contributed by atoms with Gasteiger partial charge in [-0.2, -0.15) is 0 Å². The largest absolute Gasteiger partial charge is 0.409 e. The molecule has 2 unspecified atom stereocenters. The normalized spacial score (nSPS) is 15.8. The fourth-order valence-electron chi connectivity index (χ4n) is 1.84. The van der Waals surface area contributed by atoms with E-state index in [1.54, 1.807) is 11.3 Å². The first kappa shape index (κ1) is 14.0. The summed E-state index contributed by atoms with van der Waals surface area (Å²) in [6.45, 7) is 4.23. The minimum atomic E-state index is 0.199. The van der Waals surface area contributed by atoms with Gasteiger partial charge in [-0.15, -0.1) is 11.3 Å². The number of rotatable bonds is 7. The molecule has 0 aromatic carbocycles. The summed E-state index contributed by atoms with van der Waals surface area (Å²) < 4.78 is 0. The van der Waals surface area contributed by atoms with Crippen molar-refractivity contribution in [1.29, 1.82) is 0 Å². The molecular formula is C12H21N3OS. The molecule has 0 aliphatic heterocycles. The fraction of sp³-hybridized carbons (Fsp3) is 0.583. The van der Waals surface area contributed by atoms with Crippen molar-refractivity contribution < 1.29 is 5.21 Å². The van der Waals surface area contributed by atoms with Crippen molar-refractivity contribution in [2.75, 3.05) is 0 Å². The van der Waals surface area contributed by atoms with Gasteiger partial charge in [0, 0.05) is 23.4 Å². The molecule has 0 radical (unpaired) electrons. The van der Waals surface area contributed by atoms with Crippen molar-refractivity contribution in [1.82, 2.24) is 5.32 Å². The van der Waals surface area contributed by atoms with Crippen LogP contribution < -0.4 is 11.1 Å². The van der Waals surface area contributed by atoms with Crippen LogP contribution in [-0.4, -0.2) is 17.1 Å². The molecule has 96 valence electrons. The Morgan fingerprint density at radius 3 is 2.94 bits per heavy atom. The highest BCUT2D eigenvalue weighted by Crippen LogP contribution is 2.23. The standard InChI is InChI=1S/C12H21N3OS/c1-3-5-10(11-6-4-7-17-11)14-9(2)8-12(13)15-16/h4,6-7,9-10,14,16H,3,5,8H2,1-2H3,(H2,13,15). The van der Waals surface area contributed by atoms with E-state index in [0.29, 0.717) is 12.5 Å². The van der Waals surface area contributed by atoms with Gasteiger partial charge < -0.3 is 16.3 Å². The van der Waals surface area contributed by atoms with Gasteiger partial charge in [0.25, 0.3) is 0 Å². The van der Waals surface area contributed by atoms with E-state index in [0.717, 1.165) is 12.8 Å². The summed E-state index contributed by atoms with van der Waals surface area (Å²) in [5, 5.41) is 17.2. The number of nitrogens with one attached hydrogen (secondary N) is 1. The zero-order valence-electron chi connectivity index (χ0n) is 10.4. The van der Waals surface area contributed by atoms with Gasteiger partial charge in [0.2, 0.25) is 0 Å². The number of nitrogens with zero attached hydrogens (tertiary/aromatic N) is 1. The summed E-state index contributed by atoms with van der Waals surface area (Å²) in [5.74, 6) is 0.270. The van der Waals surface area contributed by atoms with Crippen LogP contribution in [-0.2, 0) is 0 Å². The molecule has 0 aliphatic carbocycles. The second-order valence-corrected chi connectivity index (χ2v) is 5.20. The van der Waals surface area contributed by atoms with E-state index >= 15 is 0 Å². The summed E-state index contributed by atoms with van der Waals surface area (Å²) >= 11 is 1.76. The van der Waals surface area contributed by atoms with Crippen molar-refractivity contribution in [2.45, 2.75) is 45.2 Å². The van der Waals surface area contributed by atoms with Gasteiger partial charge in [0.1, 0.15) is 5.84 Å². The molecule has 4 nitrogen and oxygen atoms in total. The Kier molecular flexibility index (Phi) is 6.00. The van der Waals surface area contributed by atoms with Crippen molar-refractivity contribution in [3.8, 4) is 0 Å². The molecule has 0 saturated carbocycles. The van der Waals surface area contributed by atoms with Crippen LogP contribution in [0.25, 0.3) is 0 Å². The lowest BCUT2D eigenvalue weighted by Gasteiger charge is -2.21. The molecule has 0 aliphatic rings. The van der Waals surface area contributed by atoms with Crippen LogP contribution in [0.1, 0.15) is 44.0 Å². The monoisotopic (exact) mass is 255 g/mol. The molecule has 17 heavy (non-hydrogen) atoms. The summed E-state index contributed by atoms with van der Waals surface area (Å²) in [7, 11) is 0. The van der Waals surface area contributed by atoms with Gasteiger partial charge in [-0.3, -0.25) is 0 Å². The number of thiophene rings is 1. The summed E-state index contributed by atoms with van der Waals surface area (Å²) in [5.41, 5.74) is 5.50. The van der Waals surface area contributed by atoms with Crippen molar-refractivity contribution >= 4 is 17.2 Å². The molecule has 5 heteroatoms. The molecule has 2 atom stereocenters. The van der Waals surface area contributed by atoms with Gasteiger partial charge in [0.05, 0.1) is 0 Å². The number of hydrogen-bond donors (Lipinski definition) is 3. The molecule has 1 heterocycles. The average molecular weight is 255 g/mol. The molecule has 0 amide bonds. The minimum Gasteiger partial charge on any atom is -0.409 e. The van der Waals surface area contributed by atoms with Gasteiger partial charge in [-0.1, -0.05) is 24.6 Å². The lowest BCUT2D eigenvalue weighted by molar-refractivity contribution is 0.315. The maximum absolute atomic E-state index is 8.54. The Labute approximate surface area is 107 Å². The Balaban J connectivity index is 2.55. The van der Waals surface area contributed by atoms with E-state index in [4.69, 9.17) is 10.9 Å². The van der Waals surface area contributed by atoms with E-state index in [9.17, 15) is 0 Å². The lowest BCUT2D eigenvalue weighted by atomic mass is 10.1. The quantitative estimate of drug-likeness (QED) is 0.304. The Hall–Kier alpha value is -1.07. The summed E-state index contributed by atoms with van der Waals surface area (Å²) in [6, 6.07) is 4.78. The van der Waals surface area contributed by atoms with Crippen LogP contribution in [0.2, 0.25) is 0 Å². The first-order valence-electron chi connectivity index (χ1n) is 5.93. The predicted molar refractivity (Wildman–Crippen MR) is 72.6 cm³/mol. The minimum absolute atomic E-state index is 0.199. The zero-order valence-corrected chi connectivity index (χ0v) is 11.2. The number of amidine groups is 1. The third kappa shape index (κ3) is 4.75. The maximum atomic E-state index is 8.54. The number of hydrogen-bond acceptors (Lipinski definition) is 4. The molecule has 1 aromatic rings. The predicted octanol–water partition coefficient (Wildman–Crippen LogP) is 2.70. The zero-order chi connectivity index (χ0) is 12.7. The molecule has 0 bridgehead atoms. The first-order chi connectivity index (χ1) is 8.17. The van der Waals surface area contributed by atoms with Crippen LogP contribution >= 0.6 is 11.3 Å². The van der Waals surface area contributed by atoms with Crippen LogP contribution in [0.4, 0.5) is 0 Å². The van der Waals surface area contributed by atoms with Crippen LogP contribution in [0.3, 0.4) is 0 Å². The van der Waals surface area contributed by atoms with Crippen LogP contribution in [0.15, 0.2) is 22.7 Å². The van der Waals surface area contributed by atoms with E-state index in [-0.39, 0.29) is 11.9 Å². The van der Waals surface area contributed by atoms with E-state index in [1.807, 2.05) is 6.92 Å². The first-order valence-corrected chi connectivity index (χ1v) is 6.81. The molecule has 0 fully saturated rings. The van der Waals surface area contributed by atoms with Crippen molar-refractivity contribution in [3.05, 3.63) is 22.4 Å². The van der Waals surface area contributed by atoms with E-state index in [1.165, 1.54) is 4.88 Å². The molecule has 1 aromatic heterocycles. The highest BCUT2D eigenvalue weighted by Gasteiger charge is 2.15. The van der Waals surface area contributed by atoms with Gasteiger partial charge >= 0.3 is 0 Å².